The maximum absolute atomic E-state index is 13.1. The first-order chi connectivity index (χ1) is 14.7. The highest BCUT2D eigenvalue weighted by molar-refractivity contribution is 7.89. The van der Waals surface area contributed by atoms with E-state index in [2.05, 4.69) is 10.4 Å². The standard InChI is InChI=1S/C21H19FN4O3S2/c1-13-18-10-19(20(27)24-11-14-4-8-17(9-5-14)31(23,28)29)30-21(18)26(25-13)12-15-2-6-16(22)7-3-15/h2-10H,11-12H2,1H3,(H,24,27)(H2,23,28,29). The van der Waals surface area contributed by atoms with Crippen LogP contribution in [0.15, 0.2) is 59.5 Å². The number of benzene rings is 2. The molecule has 0 unspecified atom stereocenters. The van der Waals surface area contributed by atoms with Gasteiger partial charge in [0.2, 0.25) is 10.0 Å². The zero-order chi connectivity index (χ0) is 22.2. The van der Waals surface area contributed by atoms with Gasteiger partial charge in [0.15, 0.2) is 0 Å². The van der Waals surface area contributed by atoms with E-state index < -0.39 is 10.0 Å². The van der Waals surface area contributed by atoms with E-state index in [1.807, 2.05) is 17.7 Å². The smallest absolute Gasteiger partial charge is 0.261 e. The maximum atomic E-state index is 13.1. The van der Waals surface area contributed by atoms with Crippen LogP contribution in [0.4, 0.5) is 4.39 Å². The monoisotopic (exact) mass is 458 g/mol. The molecule has 3 N–H and O–H groups in total. The minimum atomic E-state index is -3.75. The number of carbonyl (C=O) groups excluding carboxylic acids is 1. The summed E-state index contributed by atoms with van der Waals surface area (Å²) in [6, 6.07) is 14.1. The van der Waals surface area contributed by atoms with Gasteiger partial charge in [-0.05, 0) is 48.4 Å². The van der Waals surface area contributed by atoms with E-state index in [1.165, 1.54) is 35.6 Å². The lowest BCUT2D eigenvalue weighted by Gasteiger charge is -2.05. The zero-order valence-electron chi connectivity index (χ0n) is 16.5. The van der Waals surface area contributed by atoms with Gasteiger partial charge in [0.1, 0.15) is 10.6 Å². The highest BCUT2D eigenvalue weighted by Crippen LogP contribution is 2.29. The lowest BCUT2D eigenvalue weighted by Crippen LogP contribution is -2.21. The van der Waals surface area contributed by atoms with Crippen LogP contribution in [0.25, 0.3) is 10.2 Å². The molecule has 0 aliphatic carbocycles. The summed E-state index contributed by atoms with van der Waals surface area (Å²) in [4.78, 5) is 14.1. The molecule has 0 aliphatic rings. The van der Waals surface area contributed by atoms with E-state index in [0.29, 0.717) is 11.4 Å². The van der Waals surface area contributed by atoms with Crippen molar-refractivity contribution < 1.29 is 17.6 Å². The van der Waals surface area contributed by atoms with Crippen LogP contribution in [-0.2, 0) is 23.1 Å². The molecule has 4 aromatic rings. The predicted molar refractivity (Wildman–Crippen MR) is 117 cm³/mol. The Hall–Kier alpha value is -3.08. The molecule has 0 radical (unpaired) electrons. The Balaban J connectivity index is 1.49. The summed E-state index contributed by atoms with van der Waals surface area (Å²) in [5.74, 6) is -0.524. The lowest BCUT2D eigenvalue weighted by molar-refractivity contribution is 0.0955. The maximum Gasteiger partial charge on any atom is 0.261 e. The molecule has 0 saturated heterocycles. The molecule has 0 spiro atoms. The first-order valence-corrected chi connectivity index (χ1v) is 11.7. The number of nitrogens with zero attached hydrogens (tertiary/aromatic N) is 2. The molecule has 1 amide bonds. The fourth-order valence-electron chi connectivity index (χ4n) is 3.16. The second-order valence-corrected chi connectivity index (χ2v) is 9.66. The molecule has 2 aromatic carbocycles. The number of primary sulfonamides is 1. The minimum Gasteiger partial charge on any atom is -0.347 e. The normalized spacial score (nSPS) is 11.7. The van der Waals surface area contributed by atoms with Crippen LogP contribution in [0.1, 0.15) is 26.5 Å². The predicted octanol–water partition coefficient (Wildman–Crippen LogP) is 3.17. The summed E-state index contributed by atoms with van der Waals surface area (Å²) >= 11 is 1.33. The molecule has 0 aliphatic heterocycles. The SMILES string of the molecule is Cc1nn(Cc2ccc(F)cc2)c2sc(C(=O)NCc3ccc(S(N)(=O)=O)cc3)cc12. The first-order valence-electron chi connectivity index (χ1n) is 9.32. The van der Waals surface area contributed by atoms with Gasteiger partial charge < -0.3 is 5.32 Å². The number of thiophene rings is 1. The molecule has 10 heteroatoms. The van der Waals surface area contributed by atoms with E-state index in [4.69, 9.17) is 5.14 Å². The molecular weight excluding hydrogens is 439 g/mol. The molecule has 0 atom stereocenters. The van der Waals surface area contributed by atoms with E-state index >= 15 is 0 Å². The van der Waals surface area contributed by atoms with Crippen LogP contribution in [-0.4, -0.2) is 24.1 Å². The van der Waals surface area contributed by atoms with Gasteiger partial charge in [-0.3, -0.25) is 9.48 Å². The van der Waals surface area contributed by atoms with Crippen molar-refractivity contribution >= 4 is 37.5 Å². The summed E-state index contributed by atoms with van der Waals surface area (Å²) < 4.78 is 37.6. The Labute approximate surface area is 182 Å². The molecule has 0 fully saturated rings. The average Bonchev–Trinajstić information content (AvgIpc) is 3.29. The van der Waals surface area contributed by atoms with E-state index in [-0.39, 0.29) is 23.2 Å². The molecular formula is C21H19FN4O3S2. The van der Waals surface area contributed by atoms with Crippen LogP contribution in [0, 0.1) is 12.7 Å². The highest BCUT2D eigenvalue weighted by Gasteiger charge is 2.16. The van der Waals surface area contributed by atoms with Crippen LogP contribution in [0.3, 0.4) is 0 Å². The number of aryl methyl sites for hydroxylation is 1. The van der Waals surface area contributed by atoms with Crippen LogP contribution in [0.2, 0.25) is 0 Å². The van der Waals surface area contributed by atoms with Gasteiger partial charge in [-0.25, -0.2) is 17.9 Å². The number of amides is 1. The molecule has 0 saturated carbocycles. The topological polar surface area (TPSA) is 107 Å². The van der Waals surface area contributed by atoms with Crippen molar-refractivity contribution in [2.75, 3.05) is 0 Å². The minimum absolute atomic E-state index is 0.0215. The van der Waals surface area contributed by atoms with Crippen LogP contribution < -0.4 is 10.5 Å². The second kappa shape index (κ2) is 8.22. The number of hydrogen-bond acceptors (Lipinski definition) is 5. The number of hydrogen-bond donors (Lipinski definition) is 2. The van der Waals surface area contributed by atoms with Gasteiger partial charge in [-0.15, -0.1) is 11.3 Å². The van der Waals surface area contributed by atoms with E-state index in [9.17, 15) is 17.6 Å². The van der Waals surface area contributed by atoms with Crippen molar-refractivity contribution in [2.24, 2.45) is 5.14 Å². The van der Waals surface area contributed by atoms with Crippen molar-refractivity contribution in [1.29, 1.82) is 0 Å². The molecule has 2 aromatic heterocycles. The third kappa shape index (κ3) is 4.66. The molecule has 160 valence electrons. The van der Waals surface area contributed by atoms with Gasteiger partial charge >= 0.3 is 0 Å². The van der Waals surface area contributed by atoms with Crippen LogP contribution >= 0.6 is 11.3 Å². The Morgan fingerprint density at radius 3 is 2.42 bits per heavy atom. The zero-order valence-corrected chi connectivity index (χ0v) is 18.1. The van der Waals surface area contributed by atoms with Gasteiger partial charge in [-0.2, -0.15) is 5.10 Å². The van der Waals surface area contributed by atoms with Crippen molar-refractivity contribution in [1.82, 2.24) is 15.1 Å². The molecule has 4 rings (SSSR count). The number of sulfonamides is 1. The van der Waals surface area contributed by atoms with E-state index in [1.54, 1.807) is 24.3 Å². The largest absolute Gasteiger partial charge is 0.347 e. The number of carbonyl (C=O) groups is 1. The summed E-state index contributed by atoms with van der Waals surface area (Å²) in [6.45, 7) is 2.60. The molecule has 7 nitrogen and oxygen atoms in total. The van der Waals surface area contributed by atoms with Crippen molar-refractivity contribution in [3.05, 3.63) is 82.1 Å². The number of nitrogens with one attached hydrogen (secondary N) is 1. The van der Waals surface area contributed by atoms with Crippen molar-refractivity contribution in [2.45, 2.75) is 24.9 Å². The summed E-state index contributed by atoms with van der Waals surface area (Å²) in [6.07, 6.45) is 0. The summed E-state index contributed by atoms with van der Waals surface area (Å²) in [7, 11) is -3.75. The van der Waals surface area contributed by atoms with Gasteiger partial charge in [-0.1, -0.05) is 24.3 Å². The number of fused-ring (bicyclic) bond motifs is 1. The Morgan fingerprint density at radius 2 is 1.77 bits per heavy atom. The quantitative estimate of drug-likeness (QED) is 0.463. The van der Waals surface area contributed by atoms with Crippen LogP contribution in [0.5, 0.6) is 0 Å². The summed E-state index contributed by atoms with van der Waals surface area (Å²) in [5.41, 5.74) is 2.47. The van der Waals surface area contributed by atoms with Crippen molar-refractivity contribution in [3.8, 4) is 0 Å². The number of aromatic nitrogens is 2. The Bertz CT molecular complexity index is 1360. The third-order valence-electron chi connectivity index (χ3n) is 4.78. The van der Waals surface area contributed by atoms with Crippen molar-refractivity contribution in [3.63, 3.8) is 0 Å². The average molecular weight is 459 g/mol. The van der Waals surface area contributed by atoms with Gasteiger partial charge in [0, 0.05) is 11.9 Å². The summed E-state index contributed by atoms with van der Waals surface area (Å²) in [5, 5.41) is 13.4. The first kappa shape index (κ1) is 21.2. The number of rotatable bonds is 6. The fraction of sp³-hybridized carbons (Fsp3) is 0.143. The fourth-order valence-corrected chi connectivity index (χ4v) is 4.75. The second-order valence-electron chi connectivity index (χ2n) is 7.07. The molecule has 31 heavy (non-hydrogen) atoms. The van der Waals surface area contributed by atoms with E-state index in [0.717, 1.165) is 27.0 Å². The Morgan fingerprint density at radius 1 is 1.13 bits per heavy atom. The number of halogens is 1. The van der Waals surface area contributed by atoms with Gasteiger partial charge in [0.05, 0.1) is 22.0 Å². The van der Waals surface area contributed by atoms with Gasteiger partial charge in [0.25, 0.3) is 5.91 Å². The number of nitrogens with two attached hydrogens (primary N) is 1. The highest BCUT2D eigenvalue weighted by atomic mass is 32.2. The lowest BCUT2D eigenvalue weighted by atomic mass is 10.2. The molecule has 2 heterocycles. The Kier molecular flexibility index (Phi) is 5.61. The third-order valence-corrected chi connectivity index (χ3v) is 6.86. The molecule has 0 bridgehead atoms.